The predicted octanol–water partition coefficient (Wildman–Crippen LogP) is 4.31. The van der Waals surface area contributed by atoms with E-state index in [9.17, 15) is 4.39 Å². The van der Waals surface area contributed by atoms with Gasteiger partial charge in [-0.2, -0.15) is 10.2 Å². The molecule has 29 heavy (non-hydrogen) atoms. The summed E-state index contributed by atoms with van der Waals surface area (Å²) in [7, 11) is 0. The molecule has 1 heterocycles. The fraction of sp³-hybridized carbons (Fsp3) is 0.348. The van der Waals surface area contributed by atoms with Crippen molar-refractivity contribution in [2.75, 3.05) is 6.54 Å². The fourth-order valence-electron chi connectivity index (χ4n) is 4.21. The first kappa shape index (κ1) is 18.0. The van der Waals surface area contributed by atoms with Gasteiger partial charge in [0.2, 0.25) is 0 Å². The minimum absolute atomic E-state index is 0.144. The number of hydrogen-bond donors (Lipinski definition) is 1. The van der Waals surface area contributed by atoms with Gasteiger partial charge in [-0.1, -0.05) is 41.9 Å². The third kappa shape index (κ3) is 3.32. The SMILES string of the molecule is N#Cc1ccc(-c2nc(C3(CN[C@H]4CC4c4ccccc4)CCC3)no2)c(F)c1. The van der Waals surface area contributed by atoms with Crippen molar-refractivity contribution >= 4 is 0 Å². The Bertz CT molecular complexity index is 1070. The highest BCUT2D eigenvalue weighted by molar-refractivity contribution is 5.56. The van der Waals surface area contributed by atoms with Crippen LogP contribution in [0.4, 0.5) is 4.39 Å². The van der Waals surface area contributed by atoms with Crippen LogP contribution in [0.15, 0.2) is 53.1 Å². The maximum Gasteiger partial charge on any atom is 0.260 e. The fourth-order valence-corrected chi connectivity index (χ4v) is 4.21. The molecule has 0 bridgehead atoms. The molecular weight excluding hydrogens is 367 g/mol. The van der Waals surface area contributed by atoms with Crippen LogP contribution in [0.5, 0.6) is 0 Å². The van der Waals surface area contributed by atoms with E-state index in [1.54, 1.807) is 6.07 Å². The summed E-state index contributed by atoms with van der Waals surface area (Å²) in [6.45, 7) is 0.801. The summed E-state index contributed by atoms with van der Waals surface area (Å²) in [5.74, 6) is 0.861. The van der Waals surface area contributed by atoms with Crippen LogP contribution in [-0.4, -0.2) is 22.7 Å². The van der Waals surface area contributed by atoms with Crippen LogP contribution in [0, 0.1) is 17.1 Å². The Hall–Kier alpha value is -3.04. The zero-order chi connectivity index (χ0) is 19.8. The van der Waals surface area contributed by atoms with Gasteiger partial charge in [0.1, 0.15) is 5.82 Å². The number of nitrogens with one attached hydrogen (secondary N) is 1. The number of halogens is 1. The lowest BCUT2D eigenvalue weighted by molar-refractivity contribution is 0.211. The molecule has 0 radical (unpaired) electrons. The molecular formula is C23H21FN4O. The smallest absolute Gasteiger partial charge is 0.260 e. The van der Waals surface area contributed by atoms with Crippen molar-refractivity contribution in [3.05, 3.63) is 71.3 Å². The van der Waals surface area contributed by atoms with Gasteiger partial charge in [-0.25, -0.2) is 4.39 Å². The Balaban J connectivity index is 1.29. The lowest BCUT2D eigenvalue weighted by atomic mass is 9.68. The van der Waals surface area contributed by atoms with E-state index in [4.69, 9.17) is 9.78 Å². The molecule has 2 atom stereocenters. The normalized spacial score (nSPS) is 21.9. The highest BCUT2D eigenvalue weighted by Crippen LogP contribution is 2.45. The molecule has 6 heteroatoms. The van der Waals surface area contributed by atoms with E-state index in [0.717, 1.165) is 32.2 Å². The molecule has 146 valence electrons. The summed E-state index contributed by atoms with van der Waals surface area (Å²) in [5.41, 5.74) is 1.74. The van der Waals surface area contributed by atoms with Crippen molar-refractivity contribution < 1.29 is 8.91 Å². The molecule has 0 aliphatic heterocycles. The van der Waals surface area contributed by atoms with Gasteiger partial charge in [0.15, 0.2) is 5.82 Å². The predicted molar refractivity (Wildman–Crippen MR) is 106 cm³/mol. The molecule has 2 fully saturated rings. The molecule has 0 saturated heterocycles. The topological polar surface area (TPSA) is 74.7 Å². The molecule has 1 aromatic heterocycles. The summed E-state index contributed by atoms with van der Waals surface area (Å²) in [6, 6.07) is 17.3. The Morgan fingerprint density at radius 3 is 2.72 bits per heavy atom. The second-order valence-corrected chi connectivity index (χ2v) is 8.10. The summed E-state index contributed by atoms with van der Waals surface area (Å²) in [6.07, 6.45) is 4.27. The van der Waals surface area contributed by atoms with Gasteiger partial charge in [0.05, 0.1) is 17.2 Å². The molecule has 5 nitrogen and oxygen atoms in total. The first-order valence-electron chi connectivity index (χ1n) is 10.0. The molecule has 3 aromatic rings. The van der Waals surface area contributed by atoms with Crippen molar-refractivity contribution in [3.8, 4) is 17.5 Å². The molecule has 5 rings (SSSR count). The van der Waals surface area contributed by atoms with Gasteiger partial charge in [0.25, 0.3) is 5.89 Å². The molecule has 1 unspecified atom stereocenters. The molecule has 2 aliphatic rings. The van der Waals surface area contributed by atoms with Crippen LogP contribution < -0.4 is 5.32 Å². The monoisotopic (exact) mass is 388 g/mol. The first-order valence-corrected chi connectivity index (χ1v) is 10.0. The largest absolute Gasteiger partial charge is 0.334 e. The van der Waals surface area contributed by atoms with E-state index in [2.05, 4.69) is 39.7 Å². The highest BCUT2D eigenvalue weighted by atomic mass is 19.1. The molecule has 2 aromatic carbocycles. The van der Waals surface area contributed by atoms with Crippen LogP contribution in [0.2, 0.25) is 0 Å². The molecule has 1 N–H and O–H groups in total. The van der Waals surface area contributed by atoms with Crippen molar-refractivity contribution in [1.82, 2.24) is 15.5 Å². The third-order valence-electron chi connectivity index (χ3n) is 6.26. The van der Waals surface area contributed by atoms with Crippen molar-refractivity contribution in [2.24, 2.45) is 0 Å². The van der Waals surface area contributed by atoms with Crippen LogP contribution in [0.3, 0.4) is 0 Å². The number of benzene rings is 2. The van der Waals surface area contributed by atoms with Crippen LogP contribution >= 0.6 is 0 Å². The van der Waals surface area contributed by atoms with E-state index in [-0.39, 0.29) is 22.4 Å². The van der Waals surface area contributed by atoms with Gasteiger partial charge in [-0.3, -0.25) is 0 Å². The third-order valence-corrected chi connectivity index (χ3v) is 6.26. The zero-order valence-electron chi connectivity index (χ0n) is 15.9. The Labute approximate surface area is 168 Å². The van der Waals surface area contributed by atoms with E-state index in [1.807, 2.05) is 12.1 Å². The molecule has 0 amide bonds. The number of hydrogen-bond acceptors (Lipinski definition) is 5. The molecule has 2 aliphatic carbocycles. The van der Waals surface area contributed by atoms with Gasteiger partial charge in [-0.05, 0) is 43.0 Å². The second-order valence-electron chi connectivity index (χ2n) is 8.10. The number of nitriles is 1. The number of aromatic nitrogens is 2. The van der Waals surface area contributed by atoms with E-state index in [0.29, 0.717) is 17.8 Å². The summed E-state index contributed by atoms with van der Waals surface area (Å²) in [4.78, 5) is 4.53. The number of nitrogens with zero attached hydrogens (tertiary/aromatic N) is 3. The van der Waals surface area contributed by atoms with Crippen LogP contribution in [0.1, 0.15) is 48.6 Å². The Kier molecular flexibility index (Phi) is 4.40. The zero-order valence-corrected chi connectivity index (χ0v) is 15.9. The quantitative estimate of drug-likeness (QED) is 0.681. The van der Waals surface area contributed by atoms with E-state index in [1.165, 1.54) is 17.7 Å². The highest BCUT2D eigenvalue weighted by Gasteiger charge is 2.46. The van der Waals surface area contributed by atoms with E-state index < -0.39 is 5.82 Å². The van der Waals surface area contributed by atoms with Gasteiger partial charge in [-0.15, -0.1) is 0 Å². The number of rotatable bonds is 6. The lowest BCUT2D eigenvalue weighted by Gasteiger charge is -2.39. The average molecular weight is 388 g/mol. The van der Waals surface area contributed by atoms with Gasteiger partial charge >= 0.3 is 0 Å². The molecule has 2 saturated carbocycles. The summed E-state index contributed by atoms with van der Waals surface area (Å²) >= 11 is 0. The first-order chi connectivity index (χ1) is 14.2. The van der Waals surface area contributed by atoms with Crippen molar-refractivity contribution in [2.45, 2.75) is 43.1 Å². The minimum atomic E-state index is -0.524. The molecule has 0 spiro atoms. The van der Waals surface area contributed by atoms with Gasteiger partial charge < -0.3 is 9.84 Å². The van der Waals surface area contributed by atoms with Crippen molar-refractivity contribution in [1.29, 1.82) is 5.26 Å². The Morgan fingerprint density at radius 2 is 2.03 bits per heavy atom. The van der Waals surface area contributed by atoms with Crippen LogP contribution in [0.25, 0.3) is 11.5 Å². The maximum atomic E-state index is 14.3. The minimum Gasteiger partial charge on any atom is -0.334 e. The Morgan fingerprint density at radius 1 is 1.21 bits per heavy atom. The lowest BCUT2D eigenvalue weighted by Crippen LogP contribution is -2.45. The summed E-state index contributed by atoms with van der Waals surface area (Å²) in [5, 5.41) is 16.8. The standard InChI is InChI=1S/C23H21FN4O/c24-19-11-15(13-25)7-8-17(19)21-27-22(28-29-21)23(9-4-10-23)14-26-20-12-18(20)16-5-2-1-3-6-16/h1-3,5-8,11,18,20,26H,4,9-10,12,14H2/t18?,20-/m0/s1. The second kappa shape index (κ2) is 7.09. The maximum absolute atomic E-state index is 14.3. The van der Waals surface area contributed by atoms with Crippen LogP contribution in [-0.2, 0) is 5.41 Å². The van der Waals surface area contributed by atoms with Crippen molar-refractivity contribution in [3.63, 3.8) is 0 Å². The van der Waals surface area contributed by atoms with E-state index >= 15 is 0 Å². The van der Waals surface area contributed by atoms with Gasteiger partial charge in [0, 0.05) is 23.9 Å². The summed E-state index contributed by atoms with van der Waals surface area (Å²) < 4.78 is 19.7. The average Bonchev–Trinajstić information content (AvgIpc) is 3.34.